The summed E-state index contributed by atoms with van der Waals surface area (Å²) < 4.78 is 5.87. The van der Waals surface area contributed by atoms with Crippen LogP contribution in [0.15, 0.2) is 24.3 Å². The zero-order valence-corrected chi connectivity index (χ0v) is 13.4. The molecule has 0 saturated heterocycles. The topological polar surface area (TPSA) is 33.3 Å². The van der Waals surface area contributed by atoms with E-state index in [0.29, 0.717) is 6.04 Å². The number of ether oxygens (including phenoxy) is 1. The molecule has 0 aromatic heterocycles. The minimum absolute atomic E-state index is 0.107. The Kier molecular flexibility index (Phi) is 4.40. The van der Waals surface area contributed by atoms with Gasteiger partial charge in [-0.05, 0) is 26.8 Å². The van der Waals surface area contributed by atoms with Gasteiger partial charge in [0, 0.05) is 35.6 Å². The molecular formula is C17H28N2O. The van der Waals surface area contributed by atoms with Crippen molar-refractivity contribution in [2.24, 2.45) is 5.41 Å². The fourth-order valence-corrected chi connectivity index (χ4v) is 2.66. The van der Waals surface area contributed by atoms with Gasteiger partial charge in [0.05, 0.1) is 6.61 Å². The summed E-state index contributed by atoms with van der Waals surface area (Å²) >= 11 is 0. The standard InChI is InChI=1S/C17H28N2O/c1-16(2,3)19-11-10-18-15-13-8-6-7-9-14(13)20-12-17(15,4)5/h6-9,15,18-19H,10-12H2,1-5H3. The van der Waals surface area contributed by atoms with Crippen LogP contribution in [0.1, 0.15) is 46.2 Å². The van der Waals surface area contributed by atoms with Crippen molar-refractivity contribution in [2.75, 3.05) is 19.7 Å². The molecule has 1 aliphatic rings. The van der Waals surface area contributed by atoms with E-state index in [1.165, 1.54) is 5.56 Å². The number of fused-ring (bicyclic) bond motifs is 1. The zero-order valence-electron chi connectivity index (χ0n) is 13.4. The molecule has 1 atom stereocenters. The summed E-state index contributed by atoms with van der Waals surface area (Å²) in [5.74, 6) is 1.02. The molecule has 1 aromatic rings. The lowest BCUT2D eigenvalue weighted by molar-refractivity contribution is 0.104. The predicted octanol–water partition coefficient (Wildman–Crippen LogP) is 3.12. The number of benzene rings is 1. The highest BCUT2D eigenvalue weighted by Crippen LogP contribution is 2.42. The quantitative estimate of drug-likeness (QED) is 0.829. The second-order valence-electron chi connectivity index (χ2n) is 7.38. The van der Waals surface area contributed by atoms with Crippen molar-refractivity contribution in [1.82, 2.24) is 10.6 Å². The molecule has 0 aliphatic carbocycles. The highest BCUT2D eigenvalue weighted by molar-refractivity contribution is 5.38. The molecule has 1 unspecified atom stereocenters. The third-order valence-electron chi connectivity index (χ3n) is 3.74. The molecule has 3 nitrogen and oxygen atoms in total. The van der Waals surface area contributed by atoms with Crippen LogP contribution in [0.25, 0.3) is 0 Å². The SMILES string of the molecule is CC(C)(C)NCCNC1c2ccccc2OCC1(C)C. The molecule has 0 bridgehead atoms. The van der Waals surface area contributed by atoms with Crippen LogP contribution in [0.4, 0.5) is 0 Å². The number of hydrogen-bond acceptors (Lipinski definition) is 3. The molecule has 0 fully saturated rings. The maximum Gasteiger partial charge on any atom is 0.124 e. The van der Waals surface area contributed by atoms with Gasteiger partial charge in [-0.1, -0.05) is 32.0 Å². The fraction of sp³-hybridized carbons (Fsp3) is 0.647. The maximum atomic E-state index is 5.87. The van der Waals surface area contributed by atoms with E-state index in [4.69, 9.17) is 4.74 Å². The van der Waals surface area contributed by atoms with Gasteiger partial charge in [-0.2, -0.15) is 0 Å². The van der Waals surface area contributed by atoms with E-state index in [1.54, 1.807) is 0 Å². The Morgan fingerprint density at radius 3 is 2.60 bits per heavy atom. The summed E-state index contributed by atoms with van der Waals surface area (Å²) in [5.41, 5.74) is 1.56. The summed E-state index contributed by atoms with van der Waals surface area (Å²) in [4.78, 5) is 0. The Morgan fingerprint density at radius 1 is 1.20 bits per heavy atom. The minimum Gasteiger partial charge on any atom is -0.493 e. The fourth-order valence-electron chi connectivity index (χ4n) is 2.66. The number of hydrogen-bond donors (Lipinski definition) is 2. The highest BCUT2D eigenvalue weighted by atomic mass is 16.5. The monoisotopic (exact) mass is 276 g/mol. The van der Waals surface area contributed by atoms with E-state index in [1.807, 2.05) is 6.07 Å². The van der Waals surface area contributed by atoms with Crippen LogP contribution in [0.2, 0.25) is 0 Å². The van der Waals surface area contributed by atoms with E-state index in [0.717, 1.165) is 25.4 Å². The van der Waals surface area contributed by atoms with Gasteiger partial charge in [0.2, 0.25) is 0 Å². The van der Waals surface area contributed by atoms with Crippen molar-refractivity contribution in [2.45, 2.75) is 46.2 Å². The molecule has 2 N–H and O–H groups in total. The molecule has 1 aliphatic heterocycles. The Bertz CT molecular complexity index is 449. The predicted molar refractivity (Wildman–Crippen MR) is 84.2 cm³/mol. The van der Waals surface area contributed by atoms with Crippen LogP contribution in [0, 0.1) is 5.41 Å². The second kappa shape index (κ2) is 5.74. The molecule has 1 aromatic carbocycles. The summed E-state index contributed by atoms with van der Waals surface area (Å²) in [6.07, 6.45) is 0. The Morgan fingerprint density at radius 2 is 1.90 bits per heavy atom. The molecule has 0 saturated carbocycles. The zero-order chi connectivity index (χ0) is 14.8. The van der Waals surface area contributed by atoms with Crippen LogP contribution >= 0.6 is 0 Å². The van der Waals surface area contributed by atoms with Gasteiger partial charge in [-0.15, -0.1) is 0 Å². The summed E-state index contributed by atoms with van der Waals surface area (Å²) in [6, 6.07) is 8.70. The average Bonchev–Trinajstić information content (AvgIpc) is 2.35. The van der Waals surface area contributed by atoms with Crippen molar-refractivity contribution >= 4 is 0 Å². The maximum absolute atomic E-state index is 5.87. The van der Waals surface area contributed by atoms with Crippen molar-refractivity contribution in [1.29, 1.82) is 0 Å². The molecule has 0 radical (unpaired) electrons. The molecular weight excluding hydrogens is 248 g/mol. The van der Waals surface area contributed by atoms with Gasteiger partial charge in [0.1, 0.15) is 5.75 Å². The Hall–Kier alpha value is -1.06. The largest absolute Gasteiger partial charge is 0.493 e. The van der Waals surface area contributed by atoms with E-state index in [-0.39, 0.29) is 11.0 Å². The van der Waals surface area contributed by atoms with Crippen LogP contribution in [-0.4, -0.2) is 25.2 Å². The van der Waals surface area contributed by atoms with Gasteiger partial charge >= 0.3 is 0 Å². The molecule has 1 heterocycles. The molecule has 3 heteroatoms. The number of nitrogens with one attached hydrogen (secondary N) is 2. The van der Waals surface area contributed by atoms with Crippen molar-refractivity contribution in [3.8, 4) is 5.75 Å². The van der Waals surface area contributed by atoms with Gasteiger partial charge < -0.3 is 15.4 Å². The molecule has 0 amide bonds. The van der Waals surface area contributed by atoms with Crippen molar-refractivity contribution in [3.63, 3.8) is 0 Å². The summed E-state index contributed by atoms with van der Waals surface area (Å²) in [5, 5.41) is 7.22. The summed E-state index contributed by atoms with van der Waals surface area (Å²) in [6.45, 7) is 13.8. The first-order chi connectivity index (χ1) is 9.30. The van der Waals surface area contributed by atoms with Crippen LogP contribution < -0.4 is 15.4 Å². The van der Waals surface area contributed by atoms with E-state index in [2.05, 4.69) is 63.5 Å². The number of para-hydroxylation sites is 1. The highest BCUT2D eigenvalue weighted by Gasteiger charge is 2.36. The third kappa shape index (κ3) is 3.74. The average molecular weight is 276 g/mol. The first-order valence-electron chi connectivity index (χ1n) is 7.50. The van der Waals surface area contributed by atoms with Gasteiger partial charge in [-0.3, -0.25) is 0 Å². The summed E-state index contributed by atoms with van der Waals surface area (Å²) in [7, 11) is 0. The minimum atomic E-state index is 0.107. The lowest BCUT2D eigenvalue weighted by Gasteiger charge is -2.40. The van der Waals surface area contributed by atoms with Gasteiger partial charge in [0.15, 0.2) is 0 Å². The van der Waals surface area contributed by atoms with E-state index in [9.17, 15) is 0 Å². The first-order valence-corrected chi connectivity index (χ1v) is 7.50. The normalized spacial score (nSPS) is 21.1. The molecule has 0 spiro atoms. The van der Waals surface area contributed by atoms with Gasteiger partial charge in [0.25, 0.3) is 0 Å². The van der Waals surface area contributed by atoms with Crippen molar-refractivity contribution < 1.29 is 4.74 Å². The van der Waals surface area contributed by atoms with Crippen LogP contribution in [0.5, 0.6) is 5.75 Å². The lowest BCUT2D eigenvalue weighted by atomic mass is 9.79. The molecule has 2 rings (SSSR count). The second-order valence-corrected chi connectivity index (χ2v) is 7.38. The van der Waals surface area contributed by atoms with E-state index < -0.39 is 0 Å². The molecule has 112 valence electrons. The van der Waals surface area contributed by atoms with Crippen LogP contribution in [0.3, 0.4) is 0 Å². The third-order valence-corrected chi connectivity index (χ3v) is 3.74. The van der Waals surface area contributed by atoms with E-state index >= 15 is 0 Å². The van der Waals surface area contributed by atoms with Crippen LogP contribution in [-0.2, 0) is 0 Å². The Labute approximate surface area is 123 Å². The Balaban J connectivity index is 2.01. The molecule has 20 heavy (non-hydrogen) atoms. The van der Waals surface area contributed by atoms with Crippen molar-refractivity contribution in [3.05, 3.63) is 29.8 Å². The first kappa shape index (κ1) is 15.3. The number of rotatable bonds is 4. The smallest absolute Gasteiger partial charge is 0.124 e. The van der Waals surface area contributed by atoms with Gasteiger partial charge in [-0.25, -0.2) is 0 Å². The lowest BCUT2D eigenvalue weighted by Crippen LogP contribution is -2.45.